The van der Waals surface area contributed by atoms with Crippen molar-refractivity contribution >= 4 is 5.91 Å². The molecule has 0 aromatic carbocycles. The first-order valence-corrected chi connectivity index (χ1v) is 5.91. The molecule has 17 heavy (non-hydrogen) atoms. The van der Waals surface area contributed by atoms with E-state index >= 15 is 0 Å². The lowest BCUT2D eigenvalue weighted by Crippen LogP contribution is -2.39. The van der Waals surface area contributed by atoms with Crippen LogP contribution in [-0.2, 0) is 11.3 Å². The Hall–Kier alpha value is -1.43. The third kappa shape index (κ3) is 4.95. The molecule has 0 unspecified atom stereocenters. The van der Waals surface area contributed by atoms with Gasteiger partial charge in [-0.2, -0.15) is 0 Å². The number of hydrogen-bond acceptors (Lipinski definition) is 4. The minimum absolute atomic E-state index is 0.126. The number of aromatic nitrogens is 3. The molecule has 1 heterocycles. The van der Waals surface area contributed by atoms with E-state index in [-0.39, 0.29) is 11.9 Å². The molecule has 0 radical (unpaired) electrons. The zero-order chi connectivity index (χ0) is 12.7. The van der Waals surface area contributed by atoms with Gasteiger partial charge >= 0.3 is 0 Å². The predicted molar refractivity (Wildman–Crippen MR) is 65.4 cm³/mol. The highest BCUT2D eigenvalue weighted by Gasteiger charge is 2.10. The van der Waals surface area contributed by atoms with Crippen molar-refractivity contribution in [2.45, 2.75) is 32.9 Å². The van der Waals surface area contributed by atoms with Gasteiger partial charge in [-0.1, -0.05) is 5.21 Å². The summed E-state index contributed by atoms with van der Waals surface area (Å²) in [5.41, 5.74) is 0. The molecule has 0 aliphatic heterocycles. The molecule has 1 amide bonds. The molecular weight excluding hydrogens is 218 g/mol. The summed E-state index contributed by atoms with van der Waals surface area (Å²) in [4.78, 5) is 13.4. The zero-order valence-corrected chi connectivity index (χ0v) is 10.8. The van der Waals surface area contributed by atoms with E-state index in [9.17, 15) is 4.79 Å². The summed E-state index contributed by atoms with van der Waals surface area (Å²) in [6.07, 6.45) is 4.42. The Morgan fingerprint density at radius 2 is 2.29 bits per heavy atom. The molecule has 1 rings (SSSR count). The first-order chi connectivity index (χ1) is 8.11. The van der Waals surface area contributed by atoms with Crippen LogP contribution in [0.15, 0.2) is 12.4 Å². The van der Waals surface area contributed by atoms with Gasteiger partial charge in [-0.25, -0.2) is 0 Å². The normalized spacial score (nSPS) is 10.8. The number of likely N-dealkylation sites (N-methyl/N-ethyl adjacent to an activating group) is 1. The summed E-state index contributed by atoms with van der Waals surface area (Å²) in [6.45, 7) is 6.02. The van der Waals surface area contributed by atoms with Crippen LogP contribution in [0, 0.1) is 0 Å². The second-order valence-electron chi connectivity index (χ2n) is 4.29. The summed E-state index contributed by atoms with van der Waals surface area (Å²) >= 11 is 0. The van der Waals surface area contributed by atoms with Gasteiger partial charge in [-0.15, -0.1) is 5.10 Å². The standard InChI is InChI=1S/C11H21N5O/c1-10(2)15(3)11(17)9-12-5-4-7-16-8-6-13-14-16/h6,8,10,12H,4-5,7,9H2,1-3H3. The van der Waals surface area contributed by atoms with E-state index in [1.807, 2.05) is 27.1 Å². The van der Waals surface area contributed by atoms with Gasteiger partial charge in [0.15, 0.2) is 0 Å². The van der Waals surface area contributed by atoms with Crippen LogP contribution in [0.4, 0.5) is 0 Å². The highest BCUT2D eigenvalue weighted by atomic mass is 16.2. The van der Waals surface area contributed by atoms with Crippen LogP contribution < -0.4 is 5.32 Å². The van der Waals surface area contributed by atoms with E-state index in [0.717, 1.165) is 19.5 Å². The molecule has 1 N–H and O–H groups in total. The van der Waals surface area contributed by atoms with Gasteiger partial charge in [-0.3, -0.25) is 9.48 Å². The van der Waals surface area contributed by atoms with Crippen LogP contribution in [0.5, 0.6) is 0 Å². The molecule has 1 aromatic rings. The van der Waals surface area contributed by atoms with Gasteiger partial charge in [0, 0.05) is 25.8 Å². The predicted octanol–water partition coefficient (Wildman–Crippen LogP) is 0.125. The second kappa shape index (κ2) is 7.01. The molecule has 0 atom stereocenters. The van der Waals surface area contributed by atoms with Crippen molar-refractivity contribution in [2.75, 3.05) is 20.1 Å². The third-order valence-corrected chi connectivity index (χ3v) is 2.66. The van der Waals surface area contributed by atoms with E-state index in [4.69, 9.17) is 0 Å². The molecule has 96 valence electrons. The minimum atomic E-state index is 0.126. The number of amides is 1. The fraction of sp³-hybridized carbons (Fsp3) is 0.727. The van der Waals surface area contributed by atoms with Crippen molar-refractivity contribution < 1.29 is 4.79 Å². The van der Waals surface area contributed by atoms with Crippen LogP contribution in [-0.4, -0.2) is 52.0 Å². The number of nitrogens with one attached hydrogen (secondary N) is 1. The van der Waals surface area contributed by atoms with Crippen molar-refractivity contribution in [1.82, 2.24) is 25.2 Å². The van der Waals surface area contributed by atoms with Crippen LogP contribution in [0.25, 0.3) is 0 Å². The topological polar surface area (TPSA) is 63.1 Å². The highest BCUT2D eigenvalue weighted by molar-refractivity contribution is 5.78. The van der Waals surface area contributed by atoms with Gasteiger partial charge in [0.1, 0.15) is 0 Å². The van der Waals surface area contributed by atoms with Gasteiger partial charge in [0.05, 0.1) is 12.7 Å². The maximum Gasteiger partial charge on any atom is 0.236 e. The molecule has 0 bridgehead atoms. The average Bonchev–Trinajstić information content (AvgIpc) is 2.80. The van der Waals surface area contributed by atoms with E-state index in [0.29, 0.717) is 6.54 Å². The maximum atomic E-state index is 11.6. The van der Waals surface area contributed by atoms with Crippen molar-refractivity contribution in [3.63, 3.8) is 0 Å². The van der Waals surface area contributed by atoms with Crippen molar-refractivity contribution in [2.24, 2.45) is 0 Å². The van der Waals surface area contributed by atoms with Gasteiger partial charge < -0.3 is 10.2 Å². The molecule has 0 saturated carbocycles. The molecule has 0 aliphatic carbocycles. The van der Waals surface area contributed by atoms with Crippen molar-refractivity contribution in [3.05, 3.63) is 12.4 Å². The Labute approximate surface area is 102 Å². The molecule has 0 spiro atoms. The van der Waals surface area contributed by atoms with Gasteiger partial charge in [0.2, 0.25) is 5.91 Å². The van der Waals surface area contributed by atoms with E-state index in [1.54, 1.807) is 15.8 Å². The lowest BCUT2D eigenvalue weighted by atomic mass is 10.3. The average molecular weight is 239 g/mol. The minimum Gasteiger partial charge on any atom is -0.342 e. The van der Waals surface area contributed by atoms with Crippen LogP contribution >= 0.6 is 0 Å². The summed E-state index contributed by atoms with van der Waals surface area (Å²) < 4.78 is 1.78. The van der Waals surface area contributed by atoms with Gasteiger partial charge in [0.25, 0.3) is 0 Å². The first kappa shape index (κ1) is 13.6. The largest absolute Gasteiger partial charge is 0.342 e. The summed E-state index contributed by atoms with van der Waals surface area (Å²) in [6, 6.07) is 0.249. The number of nitrogens with zero attached hydrogens (tertiary/aromatic N) is 4. The Balaban J connectivity index is 2.06. The number of hydrogen-bond donors (Lipinski definition) is 1. The Bertz CT molecular complexity index is 323. The lowest BCUT2D eigenvalue weighted by molar-refractivity contribution is -0.130. The SMILES string of the molecule is CC(C)N(C)C(=O)CNCCCn1ccnn1. The molecule has 0 aliphatic rings. The van der Waals surface area contributed by atoms with Crippen molar-refractivity contribution in [1.29, 1.82) is 0 Å². The van der Waals surface area contributed by atoms with E-state index < -0.39 is 0 Å². The fourth-order valence-electron chi connectivity index (χ4n) is 1.33. The molecular formula is C11H21N5O. The van der Waals surface area contributed by atoms with E-state index in [1.165, 1.54) is 0 Å². The summed E-state index contributed by atoms with van der Waals surface area (Å²) in [5.74, 6) is 0.126. The first-order valence-electron chi connectivity index (χ1n) is 5.91. The molecule has 6 nitrogen and oxygen atoms in total. The molecule has 0 fully saturated rings. The summed E-state index contributed by atoms with van der Waals surface area (Å²) in [7, 11) is 1.82. The monoisotopic (exact) mass is 239 g/mol. The highest BCUT2D eigenvalue weighted by Crippen LogP contribution is 1.93. The molecule has 0 saturated heterocycles. The Morgan fingerprint density at radius 1 is 1.53 bits per heavy atom. The number of aryl methyl sites for hydroxylation is 1. The number of carbonyl (C=O) groups excluding carboxylic acids is 1. The molecule has 6 heteroatoms. The van der Waals surface area contributed by atoms with Crippen LogP contribution in [0.3, 0.4) is 0 Å². The number of rotatable bonds is 7. The Morgan fingerprint density at radius 3 is 2.88 bits per heavy atom. The second-order valence-corrected chi connectivity index (χ2v) is 4.29. The van der Waals surface area contributed by atoms with Crippen molar-refractivity contribution in [3.8, 4) is 0 Å². The Kier molecular flexibility index (Phi) is 5.62. The maximum absolute atomic E-state index is 11.6. The zero-order valence-electron chi connectivity index (χ0n) is 10.8. The smallest absolute Gasteiger partial charge is 0.236 e. The lowest BCUT2D eigenvalue weighted by Gasteiger charge is -2.21. The van der Waals surface area contributed by atoms with Crippen LogP contribution in [0.2, 0.25) is 0 Å². The fourth-order valence-corrected chi connectivity index (χ4v) is 1.33. The van der Waals surface area contributed by atoms with E-state index in [2.05, 4.69) is 15.6 Å². The summed E-state index contributed by atoms with van der Waals surface area (Å²) in [5, 5.41) is 10.7. The van der Waals surface area contributed by atoms with Gasteiger partial charge in [-0.05, 0) is 26.8 Å². The third-order valence-electron chi connectivity index (χ3n) is 2.66. The number of carbonyl (C=O) groups is 1. The molecule has 1 aromatic heterocycles. The van der Waals surface area contributed by atoms with Crippen LogP contribution in [0.1, 0.15) is 20.3 Å². The quantitative estimate of drug-likeness (QED) is 0.687.